The summed E-state index contributed by atoms with van der Waals surface area (Å²) >= 11 is 0. The molecule has 1 atom stereocenters. The summed E-state index contributed by atoms with van der Waals surface area (Å²) in [6.07, 6.45) is 3.27. The second-order valence-electron chi connectivity index (χ2n) is 5.15. The zero-order valence-corrected chi connectivity index (χ0v) is 9.95. The Morgan fingerprint density at radius 3 is 2.67 bits per heavy atom. The third kappa shape index (κ3) is 3.47. The number of hydroxylamine groups is 2. The van der Waals surface area contributed by atoms with Crippen LogP contribution in [-0.2, 0) is 9.63 Å². The Kier molecular flexibility index (Phi) is 4.11. The fourth-order valence-electron chi connectivity index (χ4n) is 1.57. The highest BCUT2D eigenvalue weighted by atomic mass is 16.7. The maximum atomic E-state index is 11.7. The smallest absolute Gasteiger partial charge is 0.330 e. The molecule has 1 aliphatic heterocycles. The number of nitrogens with zero attached hydrogens (tertiary/aromatic N) is 1. The first-order valence-corrected chi connectivity index (χ1v) is 5.64. The van der Waals surface area contributed by atoms with E-state index in [1.807, 2.05) is 20.8 Å². The first kappa shape index (κ1) is 12.5. The van der Waals surface area contributed by atoms with E-state index >= 15 is 0 Å². The van der Waals surface area contributed by atoms with Crippen LogP contribution in [0.25, 0.3) is 0 Å². The molecule has 0 aromatic rings. The van der Waals surface area contributed by atoms with Crippen molar-refractivity contribution in [3.8, 4) is 0 Å². The maximum absolute atomic E-state index is 11.7. The molecule has 88 valence electrons. The van der Waals surface area contributed by atoms with Gasteiger partial charge in [-0.3, -0.25) is 0 Å². The van der Waals surface area contributed by atoms with Crippen LogP contribution in [0, 0.1) is 5.41 Å². The van der Waals surface area contributed by atoms with Crippen LogP contribution in [0.5, 0.6) is 0 Å². The normalized spacial score (nSPS) is 23.9. The van der Waals surface area contributed by atoms with Gasteiger partial charge in [-0.2, -0.15) is 0 Å². The number of rotatable bonds is 2. The molecule has 1 fully saturated rings. The van der Waals surface area contributed by atoms with Gasteiger partial charge in [0.05, 0.1) is 11.5 Å². The summed E-state index contributed by atoms with van der Waals surface area (Å²) in [6.45, 7) is 6.94. The van der Waals surface area contributed by atoms with Crippen molar-refractivity contribution in [2.24, 2.45) is 11.1 Å². The Morgan fingerprint density at radius 2 is 2.13 bits per heavy atom. The summed E-state index contributed by atoms with van der Waals surface area (Å²) in [5.41, 5.74) is 5.20. The number of carbonyl (C=O) groups excluding carboxylic acids is 1. The van der Waals surface area contributed by atoms with Gasteiger partial charge in [-0.05, 0) is 33.6 Å². The molecule has 0 bridgehead atoms. The van der Waals surface area contributed by atoms with Gasteiger partial charge in [0, 0.05) is 13.1 Å². The van der Waals surface area contributed by atoms with E-state index in [1.165, 1.54) is 6.42 Å². The zero-order valence-electron chi connectivity index (χ0n) is 9.95. The predicted octanol–water partition coefficient (Wildman–Crippen LogP) is 1.30. The van der Waals surface area contributed by atoms with E-state index in [2.05, 4.69) is 0 Å². The fourth-order valence-corrected chi connectivity index (χ4v) is 1.57. The number of piperidine rings is 1. The van der Waals surface area contributed by atoms with Crippen LogP contribution >= 0.6 is 0 Å². The van der Waals surface area contributed by atoms with E-state index in [1.54, 1.807) is 5.06 Å². The number of hydrogen-bond acceptors (Lipinski definition) is 4. The summed E-state index contributed by atoms with van der Waals surface area (Å²) in [5.74, 6) is -0.178. The van der Waals surface area contributed by atoms with Crippen molar-refractivity contribution in [2.75, 3.05) is 13.1 Å². The van der Waals surface area contributed by atoms with Gasteiger partial charge in [0.2, 0.25) is 0 Å². The Labute approximate surface area is 91.7 Å². The average Bonchev–Trinajstić information content (AvgIpc) is 2.17. The summed E-state index contributed by atoms with van der Waals surface area (Å²) in [5, 5.41) is 1.76. The minimum absolute atomic E-state index is 0.178. The van der Waals surface area contributed by atoms with Gasteiger partial charge in [0.25, 0.3) is 0 Å². The molecule has 0 aliphatic carbocycles. The number of carbonyl (C=O) groups is 1. The molecule has 1 aliphatic rings. The predicted molar refractivity (Wildman–Crippen MR) is 58.9 cm³/mol. The van der Waals surface area contributed by atoms with Crippen molar-refractivity contribution in [1.82, 2.24) is 5.06 Å². The summed E-state index contributed by atoms with van der Waals surface area (Å²) < 4.78 is 0. The van der Waals surface area contributed by atoms with Crippen LogP contribution in [0.2, 0.25) is 0 Å². The van der Waals surface area contributed by atoms with Gasteiger partial charge in [-0.15, -0.1) is 5.06 Å². The van der Waals surface area contributed by atoms with Gasteiger partial charge < -0.3 is 10.6 Å². The molecule has 1 rings (SSSR count). The van der Waals surface area contributed by atoms with Crippen molar-refractivity contribution in [1.29, 1.82) is 0 Å². The van der Waals surface area contributed by atoms with Crippen molar-refractivity contribution in [3.63, 3.8) is 0 Å². The lowest BCUT2D eigenvalue weighted by molar-refractivity contribution is -0.215. The lowest BCUT2D eigenvalue weighted by Gasteiger charge is -2.34. The highest BCUT2D eigenvalue weighted by Gasteiger charge is 2.30. The monoisotopic (exact) mass is 214 g/mol. The Hall–Kier alpha value is -0.610. The summed E-state index contributed by atoms with van der Waals surface area (Å²) in [6, 6.07) is 0.199. The Bertz CT molecular complexity index is 223. The SMILES string of the molecule is CC(C)(C)C(=O)ON1CCCCC1CN. The molecule has 0 spiro atoms. The highest BCUT2D eigenvalue weighted by molar-refractivity contribution is 5.75. The second-order valence-corrected chi connectivity index (χ2v) is 5.15. The van der Waals surface area contributed by atoms with E-state index in [0.717, 1.165) is 19.4 Å². The van der Waals surface area contributed by atoms with Crippen molar-refractivity contribution < 1.29 is 9.63 Å². The zero-order chi connectivity index (χ0) is 11.5. The lowest BCUT2D eigenvalue weighted by atomic mass is 9.97. The molecule has 4 heteroatoms. The lowest BCUT2D eigenvalue weighted by Crippen LogP contribution is -2.46. The fraction of sp³-hybridized carbons (Fsp3) is 0.909. The quantitative estimate of drug-likeness (QED) is 0.753. The maximum Gasteiger partial charge on any atom is 0.330 e. The standard InChI is InChI=1S/C11H22N2O2/c1-11(2,3)10(14)15-13-7-5-4-6-9(13)8-12/h9H,4-8,12H2,1-3H3. The van der Waals surface area contributed by atoms with Crippen LogP contribution in [-0.4, -0.2) is 30.2 Å². The van der Waals surface area contributed by atoms with E-state index < -0.39 is 5.41 Å². The molecule has 0 amide bonds. The molecule has 1 heterocycles. The first-order chi connectivity index (χ1) is 6.95. The molecule has 0 saturated carbocycles. The Morgan fingerprint density at radius 1 is 1.47 bits per heavy atom. The molecule has 15 heavy (non-hydrogen) atoms. The van der Waals surface area contributed by atoms with Crippen LogP contribution in [0.3, 0.4) is 0 Å². The number of nitrogens with two attached hydrogens (primary N) is 1. The molecule has 1 unspecified atom stereocenters. The molecule has 4 nitrogen and oxygen atoms in total. The highest BCUT2D eigenvalue weighted by Crippen LogP contribution is 2.21. The molecule has 2 N–H and O–H groups in total. The van der Waals surface area contributed by atoms with Crippen molar-refractivity contribution in [2.45, 2.75) is 46.1 Å². The van der Waals surface area contributed by atoms with Gasteiger partial charge in [-0.1, -0.05) is 6.42 Å². The van der Waals surface area contributed by atoms with Crippen LogP contribution in [0.15, 0.2) is 0 Å². The minimum Gasteiger partial charge on any atom is -0.367 e. The van der Waals surface area contributed by atoms with Crippen molar-refractivity contribution >= 4 is 5.97 Å². The molecule has 0 radical (unpaired) electrons. The minimum atomic E-state index is -0.448. The van der Waals surface area contributed by atoms with Crippen LogP contribution in [0.1, 0.15) is 40.0 Å². The summed E-state index contributed by atoms with van der Waals surface area (Å²) in [4.78, 5) is 17.1. The molecular formula is C11H22N2O2. The average molecular weight is 214 g/mol. The third-order valence-corrected chi connectivity index (χ3v) is 2.66. The number of hydrogen-bond donors (Lipinski definition) is 1. The topological polar surface area (TPSA) is 55.6 Å². The van der Waals surface area contributed by atoms with E-state index in [4.69, 9.17) is 10.6 Å². The van der Waals surface area contributed by atoms with Crippen LogP contribution < -0.4 is 5.73 Å². The van der Waals surface area contributed by atoms with Crippen molar-refractivity contribution in [3.05, 3.63) is 0 Å². The Balaban J connectivity index is 2.52. The molecule has 1 saturated heterocycles. The largest absolute Gasteiger partial charge is 0.367 e. The second kappa shape index (κ2) is 4.94. The molecular weight excluding hydrogens is 192 g/mol. The van der Waals surface area contributed by atoms with Gasteiger partial charge >= 0.3 is 5.97 Å². The molecule has 0 aromatic heterocycles. The van der Waals surface area contributed by atoms with E-state index in [-0.39, 0.29) is 12.0 Å². The van der Waals surface area contributed by atoms with Gasteiger partial charge in [-0.25, -0.2) is 4.79 Å². The molecule has 0 aromatic carbocycles. The van der Waals surface area contributed by atoms with E-state index in [9.17, 15) is 4.79 Å². The van der Waals surface area contributed by atoms with E-state index in [0.29, 0.717) is 6.54 Å². The summed E-state index contributed by atoms with van der Waals surface area (Å²) in [7, 11) is 0. The van der Waals surface area contributed by atoms with Crippen LogP contribution in [0.4, 0.5) is 0 Å². The third-order valence-electron chi connectivity index (χ3n) is 2.66. The van der Waals surface area contributed by atoms with Gasteiger partial charge in [0.1, 0.15) is 0 Å². The first-order valence-electron chi connectivity index (χ1n) is 5.64. The van der Waals surface area contributed by atoms with Gasteiger partial charge in [0.15, 0.2) is 0 Å².